The topological polar surface area (TPSA) is 57.6 Å². The van der Waals surface area contributed by atoms with E-state index in [0.29, 0.717) is 6.54 Å². The molecule has 0 aromatic heterocycles. The minimum absolute atomic E-state index is 0.385. The summed E-state index contributed by atoms with van der Waals surface area (Å²) in [5, 5.41) is 8.84. The van der Waals surface area contributed by atoms with Gasteiger partial charge >= 0.3 is 5.97 Å². The summed E-state index contributed by atoms with van der Waals surface area (Å²) in [4.78, 5) is 24.2. The van der Waals surface area contributed by atoms with Crippen molar-refractivity contribution in [3.8, 4) is 0 Å². The number of aliphatic carboxylic acids is 1. The molecule has 1 aromatic carbocycles. The fourth-order valence-corrected chi connectivity index (χ4v) is 1.53. The van der Waals surface area contributed by atoms with Crippen LogP contribution < -0.4 is 4.90 Å². The van der Waals surface area contributed by atoms with Crippen LogP contribution in [0.25, 0.3) is 0 Å². The molecule has 0 aliphatic heterocycles. The monoisotopic (exact) mass is 235 g/mol. The van der Waals surface area contributed by atoms with Crippen LogP contribution in [0.2, 0.25) is 0 Å². The van der Waals surface area contributed by atoms with Crippen LogP contribution in [0.4, 0.5) is 5.69 Å². The van der Waals surface area contributed by atoms with E-state index in [1.54, 1.807) is 0 Å². The van der Waals surface area contributed by atoms with Gasteiger partial charge < -0.3 is 10.0 Å². The lowest BCUT2D eigenvalue weighted by molar-refractivity contribution is -0.145. The number of aryl methyl sites for hydroxylation is 1. The Morgan fingerprint density at radius 3 is 2.24 bits per heavy atom. The number of nitrogens with zero attached hydrogens (tertiary/aromatic N) is 1. The van der Waals surface area contributed by atoms with Crippen molar-refractivity contribution >= 4 is 17.6 Å². The van der Waals surface area contributed by atoms with E-state index in [0.717, 1.165) is 11.3 Å². The first-order chi connectivity index (χ1) is 7.97. The van der Waals surface area contributed by atoms with Crippen molar-refractivity contribution in [3.05, 3.63) is 29.8 Å². The summed E-state index contributed by atoms with van der Waals surface area (Å²) in [6.45, 7) is 5.65. The van der Waals surface area contributed by atoms with E-state index >= 15 is 0 Å². The number of anilines is 1. The molecular formula is C13H17NO3. The van der Waals surface area contributed by atoms with Gasteiger partial charge in [0.1, 0.15) is 5.92 Å². The van der Waals surface area contributed by atoms with Crippen LogP contribution in [0.15, 0.2) is 24.3 Å². The smallest absolute Gasteiger partial charge is 0.315 e. The molecule has 0 bridgehead atoms. The molecule has 4 nitrogen and oxygen atoms in total. The summed E-state index contributed by atoms with van der Waals surface area (Å²) in [5.41, 5.74) is 1.83. The van der Waals surface area contributed by atoms with E-state index in [1.165, 1.54) is 11.8 Å². The Kier molecular flexibility index (Phi) is 4.26. The number of carbonyl (C=O) groups excluding carboxylic acids is 1. The highest BCUT2D eigenvalue weighted by molar-refractivity contribution is 6.05. The third kappa shape index (κ3) is 3.06. The zero-order valence-corrected chi connectivity index (χ0v) is 10.3. The van der Waals surface area contributed by atoms with Gasteiger partial charge in [-0.3, -0.25) is 9.59 Å². The summed E-state index contributed by atoms with van der Waals surface area (Å²) >= 11 is 0. The van der Waals surface area contributed by atoms with Gasteiger partial charge in [0, 0.05) is 12.2 Å². The van der Waals surface area contributed by atoms with E-state index in [1.807, 2.05) is 38.1 Å². The number of carbonyl (C=O) groups is 2. The molecule has 1 amide bonds. The number of hydrogen-bond donors (Lipinski definition) is 1. The maximum absolute atomic E-state index is 11.9. The van der Waals surface area contributed by atoms with Crippen LogP contribution in [0.5, 0.6) is 0 Å². The van der Waals surface area contributed by atoms with Crippen LogP contribution in [-0.4, -0.2) is 23.5 Å². The number of amides is 1. The first kappa shape index (κ1) is 13.2. The predicted molar refractivity (Wildman–Crippen MR) is 66.0 cm³/mol. The molecule has 0 spiro atoms. The molecular weight excluding hydrogens is 218 g/mol. The lowest BCUT2D eigenvalue weighted by Gasteiger charge is -2.23. The molecule has 0 aliphatic carbocycles. The molecule has 17 heavy (non-hydrogen) atoms. The van der Waals surface area contributed by atoms with Gasteiger partial charge in [-0.2, -0.15) is 0 Å². The van der Waals surface area contributed by atoms with Gasteiger partial charge in [-0.1, -0.05) is 17.7 Å². The van der Waals surface area contributed by atoms with Gasteiger partial charge in [-0.15, -0.1) is 0 Å². The highest BCUT2D eigenvalue weighted by Crippen LogP contribution is 2.17. The minimum atomic E-state index is -1.10. The van der Waals surface area contributed by atoms with Gasteiger partial charge in [0.05, 0.1) is 0 Å². The van der Waals surface area contributed by atoms with Crippen molar-refractivity contribution in [1.29, 1.82) is 0 Å². The lowest BCUT2D eigenvalue weighted by Crippen LogP contribution is -2.38. The van der Waals surface area contributed by atoms with Crippen LogP contribution in [-0.2, 0) is 9.59 Å². The molecule has 0 saturated heterocycles. The zero-order chi connectivity index (χ0) is 13.0. The fraction of sp³-hybridized carbons (Fsp3) is 0.385. The molecule has 1 rings (SSSR count). The van der Waals surface area contributed by atoms with Gasteiger partial charge in [0.15, 0.2) is 0 Å². The van der Waals surface area contributed by atoms with Crippen LogP contribution in [0, 0.1) is 12.8 Å². The van der Waals surface area contributed by atoms with Crippen molar-refractivity contribution in [3.63, 3.8) is 0 Å². The van der Waals surface area contributed by atoms with Crippen LogP contribution >= 0.6 is 0 Å². The van der Waals surface area contributed by atoms with Crippen molar-refractivity contribution in [2.45, 2.75) is 20.8 Å². The number of carboxylic acid groups (broad SMARTS) is 1. The van der Waals surface area contributed by atoms with E-state index in [4.69, 9.17) is 5.11 Å². The highest BCUT2D eigenvalue weighted by Gasteiger charge is 2.26. The number of hydrogen-bond acceptors (Lipinski definition) is 2. The summed E-state index contributed by atoms with van der Waals surface area (Å²) in [6.07, 6.45) is 0. The van der Waals surface area contributed by atoms with E-state index in [9.17, 15) is 9.59 Å². The third-order valence-electron chi connectivity index (χ3n) is 2.67. The summed E-state index contributed by atoms with van der Waals surface area (Å²) in [6, 6.07) is 7.45. The number of rotatable bonds is 4. The Labute approximate surface area is 101 Å². The average Bonchev–Trinajstić information content (AvgIpc) is 2.31. The molecule has 0 saturated carbocycles. The van der Waals surface area contributed by atoms with Crippen molar-refractivity contribution < 1.29 is 14.7 Å². The van der Waals surface area contributed by atoms with E-state index in [2.05, 4.69) is 0 Å². The Bertz CT molecular complexity index is 411. The van der Waals surface area contributed by atoms with Crippen LogP contribution in [0.3, 0.4) is 0 Å². The second-order valence-electron chi connectivity index (χ2n) is 3.98. The standard InChI is InChI=1S/C13H17NO3/c1-4-14(12(15)10(3)13(16)17)11-7-5-9(2)6-8-11/h5-8,10H,4H2,1-3H3,(H,16,17). The quantitative estimate of drug-likeness (QED) is 0.813. The highest BCUT2D eigenvalue weighted by atomic mass is 16.4. The summed E-state index contributed by atoms with van der Waals surface area (Å²) in [7, 11) is 0. The molecule has 1 atom stereocenters. The maximum Gasteiger partial charge on any atom is 0.315 e. The number of carboxylic acids is 1. The Morgan fingerprint density at radius 2 is 1.82 bits per heavy atom. The Hall–Kier alpha value is -1.84. The van der Waals surface area contributed by atoms with Crippen molar-refractivity contribution in [1.82, 2.24) is 0 Å². The first-order valence-corrected chi connectivity index (χ1v) is 5.58. The van der Waals surface area contributed by atoms with Crippen LogP contribution in [0.1, 0.15) is 19.4 Å². The van der Waals surface area contributed by atoms with E-state index in [-0.39, 0.29) is 5.91 Å². The van der Waals surface area contributed by atoms with Crippen molar-refractivity contribution in [2.24, 2.45) is 5.92 Å². The molecule has 1 unspecified atom stereocenters. The molecule has 4 heteroatoms. The summed E-state index contributed by atoms with van der Waals surface area (Å²) in [5.74, 6) is -2.50. The maximum atomic E-state index is 11.9. The molecule has 1 aromatic rings. The average molecular weight is 235 g/mol. The lowest BCUT2D eigenvalue weighted by atomic mass is 10.1. The second-order valence-corrected chi connectivity index (χ2v) is 3.98. The molecule has 0 fully saturated rings. The normalized spacial score (nSPS) is 11.9. The second kappa shape index (κ2) is 5.48. The Morgan fingerprint density at radius 1 is 1.29 bits per heavy atom. The largest absolute Gasteiger partial charge is 0.481 e. The molecule has 92 valence electrons. The molecule has 0 radical (unpaired) electrons. The predicted octanol–water partition coefficient (Wildman–Crippen LogP) is 2.07. The first-order valence-electron chi connectivity index (χ1n) is 5.58. The molecule has 1 N–H and O–H groups in total. The van der Waals surface area contributed by atoms with Gasteiger partial charge in [-0.05, 0) is 32.9 Å². The van der Waals surface area contributed by atoms with Gasteiger partial charge in [0.25, 0.3) is 0 Å². The van der Waals surface area contributed by atoms with Gasteiger partial charge in [-0.25, -0.2) is 0 Å². The molecule has 0 heterocycles. The summed E-state index contributed by atoms with van der Waals surface area (Å²) < 4.78 is 0. The van der Waals surface area contributed by atoms with Gasteiger partial charge in [0.2, 0.25) is 5.91 Å². The van der Waals surface area contributed by atoms with E-state index < -0.39 is 11.9 Å². The fourth-order valence-electron chi connectivity index (χ4n) is 1.53. The number of benzene rings is 1. The van der Waals surface area contributed by atoms with Crippen molar-refractivity contribution in [2.75, 3.05) is 11.4 Å². The zero-order valence-electron chi connectivity index (χ0n) is 10.3. The Balaban J connectivity index is 2.95. The SMILES string of the molecule is CCN(C(=O)C(C)C(=O)O)c1ccc(C)cc1. The third-order valence-corrected chi connectivity index (χ3v) is 2.67. The minimum Gasteiger partial charge on any atom is -0.481 e. The molecule has 0 aliphatic rings.